The first-order chi connectivity index (χ1) is 11.2. The molecule has 6 nitrogen and oxygen atoms in total. The van der Waals surface area contributed by atoms with Crippen LogP contribution in [-0.4, -0.2) is 28.7 Å². The summed E-state index contributed by atoms with van der Waals surface area (Å²) in [6.45, 7) is -0.140. The molecule has 3 aromatic rings. The van der Waals surface area contributed by atoms with Gasteiger partial charge >= 0.3 is 0 Å². The van der Waals surface area contributed by atoms with Crippen LogP contribution in [0.25, 0.3) is 11.0 Å². The number of ether oxygens (including phenoxy) is 1. The maximum atomic E-state index is 11.6. The number of imidazole rings is 1. The van der Waals surface area contributed by atoms with Crippen LogP contribution in [-0.2, 0) is 4.79 Å². The van der Waals surface area contributed by atoms with E-state index in [9.17, 15) is 4.79 Å². The van der Waals surface area contributed by atoms with Crippen molar-refractivity contribution in [2.45, 2.75) is 0 Å². The third kappa shape index (κ3) is 4.08. The predicted octanol–water partition coefficient (Wildman–Crippen LogP) is 2.75. The average molecular weight is 329 g/mol. The van der Waals surface area contributed by atoms with Gasteiger partial charge in [-0.2, -0.15) is 5.10 Å². The zero-order chi connectivity index (χ0) is 16.1. The van der Waals surface area contributed by atoms with Crippen LogP contribution in [0.4, 0.5) is 0 Å². The van der Waals surface area contributed by atoms with Crippen LogP contribution in [0.2, 0.25) is 5.02 Å². The number of nitrogens with one attached hydrogen (secondary N) is 2. The number of aromatic amines is 1. The fraction of sp³-hybridized carbons (Fsp3) is 0.0625. The second-order valence-corrected chi connectivity index (χ2v) is 5.11. The molecular formula is C16H13ClN4O2. The number of carbonyl (C=O) groups is 1. The first-order valence-electron chi connectivity index (χ1n) is 6.86. The Kier molecular flexibility index (Phi) is 4.54. The number of rotatable bonds is 5. The smallest absolute Gasteiger partial charge is 0.277 e. The molecule has 0 spiro atoms. The van der Waals surface area contributed by atoms with Crippen LogP contribution in [0.5, 0.6) is 5.75 Å². The lowest BCUT2D eigenvalue weighted by Crippen LogP contribution is -2.24. The van der Waals surface area contributed by atoms with Crippen molar-refractivity contribution < 1.29 is 9.53 Å². The highest BCUT2D eigenvalue weighted by Crippen LogP contribution is 2.15. The number of amides is 1. The van der Waals surface area contributed by atoms with Crippen molar-refractivity contribution in [2.24, 2.45) is 5.10 Å². The molecule has 1 amide bonds. The number of hydrogen-bond donors (Lipinski definition) is 2. The maximum Gasteiger partial charge on any atom is 0.277 e. The maximum absolute atomic E-state index is 11.6. The second-order valence-electron chi connectivity index (χ2n) is 4.67. The molecular weight excluding hydrogens is 316 g/mol. The van der Waals surface area contributed by atoms with E-state index in [2.05, 4.69) is 20.5 Å². The van der Waals surface area contributed by atoms with Crippen molar-refractivity contribution in [3.63, 3.8) is 0 Å². The lowest BCUT2D eigenvalue weighted by atomic mass is 10.3. The van der Waals surface area contributed by atoms with Gasteiger partial charge in [-0.1, -0.05) is 23.7 Å². The Morgan fingerprint density at radius 1 is 1.26 bits per heavy atom. The molecule has 0 fully saturated rings. The summed E-state index contributed by atoms with van der Waals surface area (Å²) in [6, 6.07) is 14.4. The summed E-state index contributed by atoms with van der Waals surface area (Å²) < 4.78 is 5.31. The summed E-state index contributed by atoms with van der Waals surface area (Å²) in [4.78, 5) is 19.0. The van der Waals surface area contributed by atoms with Gasteiger partial charge in [-0.05, 0) is 36.4 Å². The first kappa shape index (κ1) is 15.1. The molecule has 3 rings (SSSR count). The summed E-state index contributed by atoms with van der Waals surface area (Å²) >= 11 is 5.77. The topological polar surface area (TPSA) is 79.4 Å². The number of carbonyl (C=O) groups excluding carboxylic acids is 1. The zero-order valence-electron chi connectivity index (χ0n) is 12.0. The third-order valence-corrected chi connectivity index (χ3v) is 3.22. The van der Waals surface area contributed by atoms with E-state index in [0.29, 0.717) is 16.6 Å². The van der Waals surface area contributed by atoms with Crippen molar-refractivity contribution in [3.05, 3.63) is 59.4 Å². The predicted molar refractivity (Wildman–Crippen MR) is 88.8 cm³/mol. The van der Waals surface area contributed by atoms with E-state index in [1.54, 1.807) is 24.3 Å². The number of nitrogens with zero attached hydrogens (tertiary/aromatic N) is 2. The fourth-order valence-corrected chi connectivity index (χ4v) is 2.04. The number of para-hydroxylation sites is 2. The van der Waals surface area contributed by atoms with Crippen LogP contribution in [0.3, 0.4) is 0 Å². The highest BCUT2D eigenvalue weighted by Gasteiger charge is 2.02. The summed E-state index contributed by atoms with van der Waals surface area (Å²) in [5, 5.41) is 4.45. The third-order valence-electron chi connectivity index (χ3n) is 2.97. The molecule has 0 bridgehead atoms. The van der Waals surface area contributed by atoms with Gasteiger partial charge in [0.25, 0.3) is 5.91 Å². The zero-order valence-corrected chi connectivity index (χ0v) is 12.7. The van der Waals surface area contributed by atoms with Gasteiger partial charge in [0, 0.05) is 5.02 Å². The summed E-state index contributed by atoms with van der Waals surface area (Å²) in [5.41, 5.74) is 4.12. The molecule has 23 heavy (non-hydrogen) atoms. The van der Waals surface area contributed by atoms with Crippen molar-refractivity contribution in [1.82, 2.24) is 15.4 Å². The Morgan fingerprint density at radius 3 is 2.83 bits per heavy atom. The number of hydrazone groups is 1. The molecule has 0 aliphatic carbocycles. The van der Waals surface area contributed by atoms with E-state index in [0.717, 1.165) is 11.0 Å². The van der Waals surface area contributed by atoms with Gasteiger partial charge in [-0.15, -0.1) is 0 Å². The van der Waals surface area contributed by atoms with Crippen LogP contribution in [0.1, 0.15) is 5.82 Å². The molecule has 2 N–H and O–H groups in total. The molecule has 1 aromatic heterocycles. The Balaban J connectivity index is 1.51. The van der Waals surface area contributed by atoms with Crippen LogP contribution >= 0.6 is 11.6 Å². The van der Waals surface area contributed by atoms with Crippen molar-refractivity contribution in [3.8, 4) is 5.75 Å². The normalized spacial score (nSPS) is 11.0. The number of halogens is 1. The van der Waals surface area contributed by atoms with Gasteiger partial charge in [0.05, 0.1) is 17.2 Å². The van der Waals surface area contributed by atoms with Gasteiger partial charge in [-0.3, -0.25) is 4.79 Å². The molecule has 0 radical (unpaired) electrons. The lowest BCUT2D eigenvalue weighted by molar-refractivity contribution is -0.123. The largest absolute Gasteiger partial charge is 0.484 e. The van der Waals surface area contributed by atoms with Crippen LogP contribution < -0.4 is 10.2 Å². The molecule has 0 atom stereocenters. The highest BCUT2D eigenvalue weighted by atomic mass is 35.5. The number of benzene rings is 2. The molecule has 0 saturated carbocycles. The summed E-state index contributed by atoms with van der Waals surface area (Å²) in [6.07, 6.45) is 1.44. The van der Waals surface area contributed by atoms with Gasteiger partial charge in [0.15, 0.2) is 12.4 Å². The Morgan fingerprint density at radius 2 is 2.04 bits per heavy atom. The minimum atomic E-state index is -0.368. The van der Waals surface area contributed by atoms with Gasteiger partial charge in [0.2, 0.25) is 0 Å². The van der Waals surface area contributed by atoms with E-state index in [1.807, 2.05) is 24.3 Å². The van der Waals surface area contributed by atoms with E-state index in [4.69, 9.17) is 16.3 Å². The number of aromatic nitrogens is 2. The van der Waals surface area contributed by atoms with E-state index in [1.165, 1.54) is 6.21 Å². The molecule has 1 heterocycles. The monoisotopic (exact) mass is 328 g/mol. The van der Waals surface area contributed by atoms with Crippen molar-refractivity contribution >= 4 is 34.8 Å². The summed E-state index contributed by atoms with van der Waals surface area (Å²) in [5.74, 6) is 0.753. The van der Waals surface area contributed by atoms with E-state index < -0.39 is 0 Å². The second kappa shape index (κ2) is 6.93. The molecule has 0 saturated heterocycles. The summed E-state index contributed by atoms with van der Waals surface area (Å²) in [7, 11) is 0. The van der Waals surface area contributed by atoms with E-state index >= 15 is 0 Å². The number of fused-ring (bicyclic) bond motifs is 1. The van der Waals surface area contributed by atoms with Gasteiger partial charge < -0.3 is 9.72 Å². The number of H-pyrrole nitrogens is 1. The van der Waals surface area contributed by atoms with Gasteiger partial charge in [-0.25, -0.2) is 10.4 Å². The minimum Gasteiger partial charge on any atom is -0.484 e. The quantitative estimate of drug-likeness (QED) is 0.558. The molecule has 0 unspecified atom stereocenters. The Bertz CT molecular complexity index is 810. The van der Waals surface area contributed by atoms with Crippen LogP contribution in [0.15, 0.2) is 53.6 Å². The highest BCUT2D eigenvalue weighted by molar-refractivity contribution is 6.30. The Labute approximate surface area is 137 Å². The number of hydrogen-bond acceptors (Lipinski definition) is 4. The van der Waals surface area contributed by atoms with E-state index in [-0.39, 0.29) is 12.5 Å². The lowest BCUT2D eigenvalue weighted by Gasteiger charge is -2.04. The molecule has 0 aliphatic heterocycles. The van der Waals surface area contributed by atoms with Crippen molar-refractivity contribution in [2.75, 3.05) is 6.61 Å². The fourth-order valence-electron chi connectivity index (χ4n) is 1.91. The standard InChI is InChI=1S/C16H13ClN4O2/c17-11-5-7-12(8-6-11)23-10-16(22)21-18-9-15-19-13-3-1-2-4-14(13)20-15/h1-9H,10H2,(H,19,20)(H,21,22)/b18-9+. The van der Waals surface area contributed by atoms with Crippen molar-refractivity contribution in [1.29, 1.82) is 0 Å². The molecule has 116 valence electrons. The molecule has 2 aromatic carbocycles. The molecule has 0 aliphatic rings. The first-order valence-corrected chi connectivity index (χ1v) is 7.23. The van der Waals surface area contributed by atoms with Crippen LogP contribution in [0, 0.1) is 0 Å². The Hall–Kier alpha value is -2.86. The SMILES string of the molecule is O=C(COc1ccc(Cl)cc1)N/N=C/c1nc2ccccc2[nH]1. The molecule has 7 heteroatoms. The minimum absolute atomic E-state index is 0.140. The van der Waals surface area contributed by atoms with Gasteiger partial charge in [0.1, 0.15) is 5.75 Å². The average Bonchev–Trinajstić information content (AvgIpc) is 2.97.